The van der Waals surface area contributed by atoms with E-state index in [1.807, 2.05) is 42.5 Å². The van der Waals surface area contributed by atoms with Gasteiger partial charge in [0.1, 0.15) is 11.5 Å². The van der Waals surface area contributed by atoms with E-state index in [9.17, 15) is 9.59 Å². The second kappa shape index (κ2) is 11.6. The van der Waals surface area contributed by atoms with Crippen molar-refractivity contribution in [1.29, 1.82) is 0 Å². The summed E-state index contributed by atoms with van der Waals surface area (Å²) in [4.78, 5) is 24.6. The molecule has 0 heterocycles. The first-order valence-corrected chi connectivity index (χ1v) is 10.6. The van der Waals surface area contributed by atoms with Gasteiger partial charge in [0.25, 0.3) is 11.8 Å². The number of hydrazine groups is 1. The standard InChI is InChI=1S/C26H28N2O4/c1-19(2)16-17-31-24-11-7-6-10-23(24)26(30)28-27-25(29)18-32-22-14-12-21(13-15-22)20-8-4-3-5-9-20/h3-15,19H,16-18H2,1-2H3,(H,27,29)(H,28,30). The number of nitrogens with one attached hydrogen (secondary N) is 2. The van der Waals surface area contributed by atoms with E-state index in [4.69, 9.17) is 9.47 Å². The molecule has 166 valence electrons. The van der Waals surface area contributed by atoms with Crippen LogP contribution >= 0.6 is 0 Å². The molecule has 0 aliphatic heterocycles. The average Bonchev–Trinajstić information content (AvgIpc) is 2.82. The highest BCUT2D eigenvalue weighted by Gasteiger charge is 2.13. The average molecular weight is 433 g/mol. The number of rotatable bonds is 9. The number of benzene rings is 3. The summed E-state index contributed by atoms with van der Waals surface area (Å²) in [7, 11) is 0. The molecule has 0 aliphatic carbocycles. The number of para-hydroxylation sites is 1. The lowest BCUT2D eigenvalue weighted by Gasteiger charge is -2.13. The van der Waals surface area contributed by atoms with Crippen molar-refractivity contribution in [2.75, 3.05) is 13.2 Å². The topological polar surface area (TPSA) is 76.7 Å². The minimum absolute atomic E-state index is 0.225. The van der Waals surface area contributed by atoms with Crippen molar-refractivity contribution in [2.45, 2.75) is 20.3 Å². The maximum absolute atomic E-state index is 12.5. The number of amides is 2. The summed E-state index contributed by atoms with van der Waals surface area (Å²) in [6, 6.07) is 24.4. The summed E-state index contributed by atoms with van der Waals surface area (Å²) in [5.41, 5.74) is 7.30. The fourth-order valence-electron chi connectivity index (χ4n) is 2.94. The van der Waals surface area contributed by atoms with E-state index in [1.165, 1.54) is 0 Å². The van der Waals surface area contributed by atoms with E-state index in [0.29, 0.717) is 29.6 Å². The lowest BCUT2D eigenvalue weighted by atomic mass is 10.1. The van der Waals surface area contributed by atoms with Gasteiger partial charge in [-0.15, -0.1) is 0 Å². The van der Waals surface area contributed by atoms with Gasteiger partial charge in [0.15, 0.2) is 6.61 Å². The first-order valence-electron chi connectivity index (χ1n) is 10.6. The van der Waals surface area contributed by atoms with Gasteiger partial charge in [0.05, 0.1) is 12.2 Å². The first kappa shape index (κ1) is 22.9. The molecule has 32 heavy (non-hydrogen) atoms. The number of carbonyl (C=O) groups is 2. The van der Waals surface area contributed by atoms with Crippen LogP contribution in [-0.2, 0) is 4.79 Å². The summed E-state index contributed by atoms with van der Waals surface area (Å²) in [6.45, 7) is 4.51. The fraction of sp³-hybridized carbons (Fsp3) is 0.231. The summed E-state index contributed by atoms with van der Waals surface area (Å²) in [5, 5.41) is 0. The normalized spacial score (nSPS) is 10.5. The van der Waals surface area contributed by atoms with Crippen LogP contribution in [0.3, 0.4) is 0 Å². The molecular weight excluding hydrogens is 404 g/mol. The molecule has 3 aromatic carbocycles. The number of carbonyl (C=O) groups excluding carboxylic acids is 2. The molecular formula is C26H28N2O4. The summed E-state index contributed by atoms with van der Waals surface area (Å²) in [5.74, 6) is 0.629. The fourth-order valence-corrected chi connectivity index (χ4v) is 2.94. The minimum atomic E-state index is -0.469. The molecule has 3 rings (SSSR count). The van der Waals surface area contributed by atoms with E-state index in [2.05, 4.69) is 24.7 Å². The molecule has 0 radical (unpaired) electrons. The number of hydrogen-bond acceptors (Lipinski definition) is 4. The molecule has 0 saturated carbocycles. The summed E-state index contributed by atoms with van der Waals surface area (Å²) < 4.78 is 11.2. The van der Waals surface area contributed by atoms with Crippen LogP contribution in [0.4, 0.5) is 0 Å². The second-order valence-electron chi connectivity index (χ2n) is 7.71. The SMILES string of the molecule is CC(C)CCOc1ccccc1C(=O)NNC(=O)COc1ccc(-c2ccccc2)cc1. The Morgan fingerprint density at radius 3 is 2.16 bits per heavy atom. The highest BCUT2D eigenvalue weighted by atomic mass is 16.5. The summed E-state index contributed by atoms with van der Waals surface area (Å²) in [6.07, 6.45) is 0.885. The Kier molecular flexibility index (Phi) is 8.26. The van der Waals surface area contributed by atoms with Gasteiger partial charge in [-0.25, -0.2) is 0 Å². The third-order valence-electron chi connectivity index (χ3n) is 4.73. The largest absolute Gasteiger partial charge is 0.493 e. The van der Waals surface area contributed by atoms with Gasteiger partial charge < -0.3 is 9.47 Å². The molecule has 2 amide bonds. The second-order valence-corrected chi connectivity index (χ2v) is 7.71. The van der Waals surface area contributed by atoms with Crippen molar-refractivity contribution >= 4 is 11.8 Å². The van der Waals surface area contributed by atoms with E-state index in [0.717, 1.165) is 17.5 Å². The molecule has 0 spiro atoms. The Morgan fingerprint density at radius 2 is 1.44 bits per heavy atom. The molecule has 2 N–H and O–H groups in total. The molecule has 0 aliphatic rings. The molecule has 0 bridgehead atoms. The maximum atomic E-state index is 12.5. The van der Waals surface area contributed by atoms with Crippen LogP contribution in [0.1, 0.15) is 30.6 Å². The van der Waals surface area contributed by atoms with Gasteiger partial charge in [0.2, 0.25) is 0 Å². The highest BCUT2D eigenvalue weighted by molar-refractivity contribution is 5.97. The molecule has 0 fully saturated rings. The van der Waals surface area contributed by atoms with Crippen molar-refractivity contribution in [1.82, 2.24) is 10.9 Å². The zero-order valence-electron chi connectivity index (χ0n) is 18.3. The van der Waals surface area contributed by atoms with E-state index >= 15 is 0 Å². The Labute approximate surface area is 188 Å². The number of ether oxygens (including phenoxy) is 2. The maximum Gasteiger partial charge on any atom is 0.276 e. The highest BCUT2D eigenvalue weighted by Crippen LogP contribution is 2.22. The van der Waals surface area contributed by atoms with Crippen LogP contribution in [0.15, 0.2) is 78.9 Å². The third kappa shape index (κ3) is 6.87. The van der Waals surface area contributed by atoms with Gasteiger partial charge in [-0.3, -0.25) is 20.4 Å². The quantitative estimate of drug-likeness (QED) is 0.484. The van der Waals surface area contributed by atoms with Crippen LogP contribution in [0.5, 0.6) is 11.5 Å². The Bertz CT molecular complexity index is 1020. The Balaban J connectivity index is 1.46. The van der Waals surface area contributed by atoms with Gasteiger partial charge in [0, 0.05) is 0 Å². The monoisotopic (exact) mass is 432 g/mol. The van der Waals surface area contributed by atoms with Crippen molar-refractivity contribution in [2.24, 2.45) is 5.92 Å². The van der Waals surface area contributed by atoms with Crippen molar-refractivity contribution in [3.63, 3.8) is 0 Å². The van der Waals surface area contributed by atoms with Crippen LogP contribution in [0, 0.1) is 5.92 Å². The predicted octanol–water partition coefficient (Wildman–Crippen LogP) is 4.62. The molecule has 0 saturated heterocycles. The van der Waals surface area contributed by atoms with Crippen LogP contribution in [0.25, 0.3) is 11.1 Å². The van der Waals surface area contributed by atoms with Gasteiger partial charge in [-0.2, -0.15) is 0 Å². The van der Waals surface area contributed by atoms with Crippen molar-refractivity contribution in [3.05, 3.63) is 84.4 Å². The Hall–Kier alpha value is -3.80. The molecule has 0 atom stereocenters. The van der Waals surface area contributed by atoms with Crippen LogP contribution in [0.2, 0.25) is 0 Å². The zero-order valence-corrected chi connectivity index (χ0v) is 18.3. The van der Waals surface area contributed by atoms with Gasteiger partial charge >= 0.3 is 0 Å². The predicted molar refractivity (Wildman–Crippen MR) is 124 cm³/mol. The molecule has 6 heteroatoms. The molecule has 6 nitrogen and oxygen atoms in total. The first-order chi connectivity index (χ1) is 15.5. The lowest BCUT2D eigenvalue weighted by Crippen LogP contribution is -2.43. The third-order valence-corrected chi connectivity index (χ3v) is 4.73. The Morgan fingerprint density at radius 1 is 0.781 bits per heavy atom. The minimum Gasteiger partial charge on any atom is -0.493 e. The smallest absolute Gasteiger partial charge is 0.276 e. The van der Waals surface area contributed by atoms with Crippen LogP contribution in [-0.4, -0.2) is 25.0 Å². The molecule has 3 aromatic rings. The molecule has 0 unspecified atom stereocenters. The van der Waals surface area contributed by atoms with Gasteiger partial charge in [-0.05, 0) is 47.7 Å². The van der Waals surface area contributed by atoms with E-state index in [-0.39, 0.29) is 6.61 Å². The van der Waals surface area contributed by atoms with Crippen molar-refractivity contribution < 1.29 is 19.1 Å². The lowest BCUT2D eigenvalue weighted by molar-refractivity contribution is -0.123. The van der Waals surface area contributed by atoms with Crippen molar-refractivity contribution in [3.8, 4) is 22.6 Å². The van der Waals surface area contributed by atoms with Gasteiger partial charge in [-0.1, -0.05) is 68.4 Å². The molecule has 0 aromatic heterocycles. The van der Waals surface area contributed by atoms with Crippen LogP contribution < -0.4 is 20.3 Å². The summed E-state index contributed by atoms with van der Waals surface area (Å²) >= 11 is 0. The van der Waals surface area contributed by atoms with E-state index < -0.39 is 11.8 Å². The van der Waals surface area contributed by atoms with E-state index in [1.54, 1.807) is 36.4 Å². The number of hydrogen-bond donors (Lipinski definition) is 2. The zero-order chi connectivity index (χ0) is 22.8.